The molecule has 0 saturated heterocycles. The first-order valence-electron chi connectivity index (χ1n) is 5.61. The third kappa shape index (κ3) is 3.27. The minimum Gasteiger partial charge on any atom is -0.309 e. The van der Waals surface area contributed by atoms with Crippen molar-refractivity contribution in [3.05, 3.63) is 54.6 Å². The van der Waals surface area contributed by atoms with Crippen LogP contribution in [0.5, 0.6) is 0 Å². The quantitative estimate of drug-likeness (QED) is 0.670. The lowest BCUT2D eigenvalue weighted by molar-refractivity contribution is -0.138. The summed E-state index contributed by atoms with van der Waals surface area (Å²) in [7, 11) is 1.65. The lowest BCUT2D eigenvalue weighted by Gasteiger charge is -2.21. The number of rotatable bonds is 3. The maximum absolute atomic E-state index is 13.2. The molecular weight excluding hydrogens is 419 g/mol. The SMILES string of the molecule is CNC(c1ccc(Br)cc1C(F)(F)F)c1sccc1Br. The highest BCUT2D eigenvalue weighted by Gasteiger charge is 2.36. The Bertz CT molecular complexity index is 610. The van der Waals surface area contributed by atoms with E-state index in [0.717, 1.165) is 15.4 Å². The normalized spacial score (nSPS) is 13.5. The molecule has 108 valence electrons. The van der Waals surface area contributed by atoms with E-state index >= 15 is 0 Å². The van der Waals surface area contributed by atoms with Crippen LogP contribution in [-0.4, -0.2) is 7.05 Å². The van der Waals surface area contributed by atoms with E-state index in [2.05, 4.69) is 37.2 Å². The van der Waals surface area contributed by atoms with E-state index in [-0.39, 0.29) is 5.56 Å². The van der Waals surface area contributed by atoms with E-state index in [9.17, 15) is 13.2 Å². The maximum Gasteiger partial charge on any atom is 0.416 e. The predicted octanol–water partition coefficient (Wildman–Crippen LogP) is 5.60. The number of hydrogen-bond donors (Lipinski definition) is 1. The van der Waals surface area contributed by atoms with Crippen LogP contribution < -0.4 is 5.32 Å². The van der Waals surface area contributed by atoms with E-state index in [4.69, 9.17) is 0 Å². The zero-order valence-electron chi connectivity index (χ0n) is 10.3. The topological polar surface area (TPSA) is 12.0 Å². The number of benzene rings is 1. The molecule has 0 aliphatic carbocycles. The van der Waals surface area contributed by atoms with Crippen molar-refractivity contribution in [3.8, 4) is 0 Å². The van der Waals surface area contributed by atoms with Crippen molar-refractivity contribution in [2.45, 2.75) is 12.2 Å². The Labute approximate surface area is 135 Å². The van der Waals surface area contributed by atoms with Gasteiger partial charge in [0, 0.05) is 13.8 Å². The summed E-state index contributed by atoms with van der Waals surface area (Å²) in [5, 5.41) is 4.80. The Hall–Kier alpha value is -0.370. The first kappa shape index (κ1) is 16.0. The van der Waals surface area contributed by atoms with Crippen LogP contribution in [0.3, 0.4) is 0 Å². The molecule has 2 aromatic rings. The molecule has 1 N–H and O–H groups in total. The molecule has 20 heavy (non-hydrogen) atoms. The highest BCUT2D eigenvalue weighted by Crippen LogP contribution is 2.40. The molecule has 0 radical (unpaired) electrons. The summed E-state index contributed by atoms with van der Waals surface area (Å²) in [5.41, 5.74) is -0.419. The van der Waals surface area contributed by atoms with Gasteiger partial charge in [0.1, 0.15) is 0 Å². The van der Waals surface area contributed by atoms with Crippen molar-refractivity contribution < 1.29 is 13.2 Å². The lowest BCUT2D eigenvalue weighted by atomic mass is 9.99. The third-order valence-corrected chi connectivity index (χ3v) is 5.26. The summed E-state index contributed by atoms with van der Waals surface area (Å²) in [6, 6.07) is 5.56. The minimum absolute atomic E-state index is 0.214. The van der Waals surface area contributed by atoms with Gasteiger partial charge in [-0.1, -0.05) is 22.0 Å². The largest absolute Gasteiger partial charge is 0.416 e. The molecule has 1 unspecified atom stereocenters. The Morgan fingerprint density at radius 2 is 1.90 bits per heavy atom. The molecule has 1 atom stereocenters. The molecule has 0 amide bonds. The summed E-state index contributed by atoms with van der Waals surface area (Å²) in [5.74, 6) is 0. The minimum atomic E-state index is -4.39. The standard InChI is InChI=1S/C13H10Br2F3NS/c1-19-11(12-10(15)4-5-20-12)8-3-2-7(14)6-9(8)13(16,17)18/h2-6,11,19H,1H3. The summed E-state index contributed by atoms with van der Waals surface area (Å²) < 4.78 is 40.8. The van der Waals surface area contributed by atoms with E-state index < -0.39 is 17.8 Å². The van der Waals surface area contributed by atoms with Crippen molar-refractivity contribution in [1.82, 2.24) is 5.32 Å². The van der Waals surface area contributed by atoms with Crippen LogP contribution in [0.1, 0.15) is 22.0 Å². The van der Waals surface area contributed by atoms with Crippen molar-refractivity contribution >= 4 is 43.2 Å². The van der Waals surface area contributed by atoms with Gasteiger partial charge in [0.05, 0.1) is 11.6 Å². The molecule has 0 bridgehead atoms. The highest BCUT2D eigenvalue weighted by molar-refractivity contribution is 9.10. The van der Waals surface area contributed by atoms with Gasteiger partial charge >= 0.3 is 6.18 Å². The van der Waals surface area contributed by atoms with Crippen molar-refractivity contribution in [2.24, 2.45) is 0 Å². The summed E-state index contributed by atoms with van der Waals surface area (Å²) in [6.07, 6.45) is -4.39. The Kier molecular flexibility index (Phi) is 4.94. The molecule has 1 nitrogen and oxygen atoms in total. The van der Waals surface area contributed by atoms with Crippen LogP contribution in [0, 0.1) is 0 Å². The van der Waals surface area contributed by atoms with Crippen LogP contribution in [0.15, 0.2) is 38.6 Å². The number of halogens is 5. The van der Waals surface area contributed by atoms with Gasteiger partial charge in [-0.2, -0.15) is 13.2 Å². The third-order valence-electron chi connectivity index (χ3n) is 2.83. The molecule has 0 saturated carbocycles. The van der Waals surface area contributed by atoms with Gasteiger partial charge in [-0.05, 0) is 52.1 Å². The molecule has 2 rings (SSSR count). The van der Waals surface area contributed by atoms with E-state index in [1.165, 1.54) is 17.4 Å². The van der Waals surface area contributed by atoms with E-state index in [1.807, 2.05) is 11.4 Å². The zero-order valence-corrected chi connectivity index (χ0v) is 14.3. The van der Waals surface area contributed by atoms with Crippen LogP contribution in [-0.2, 0) is 6.18 Å². The van der Waals surface area contributed by atoms with Crippen LogP contribution in [0.25, 0.3) is 0 Å². The zero-order chi connectivity index (χ0) is 14.9. The van der Waals surface area contributed by atoms with Crippen LogP contribution in [0.4, 0.5) is 13.2 Å². The number of thiophene rings is 1. The van der Waals surface area contributed by atoms with Gasteiger partial charge in [0.25, 0.3) is 0 Å². The summed E-state index contributed by atoms with van der Waals surface area (Å²) >= 11 is 7.88. The van der Waals surface area contributed by atoms with Gasteiger partial charge in [0.2, 0.25) is 0 Å². The second kappa shape index (κ2) is 6.17. The first-order valence-corrected chi connectivity index (χ1v) is 8.08. The second-order valence-corrected chi connectivity index (χ2v) is 6.80. The van der Waals surface area contributed by atoms with Gasteiger partial charge in [-0.25, -0.2) is 0 Å². The molecule has 0 fully saturated rings. The molecule has 0 aliphatic rings. The van der Waals surface area contributed by atoms with Crippen molar-refractivity contribution in [1.29, 1.82) is 0 Å². The highest BCUT2D eigenvalue weighted by atomic mass is 79.9. The lowest BCUT2D eigenvalue weighted by Crippen LogP contribution is -2.21. The number of nitrogens with one attached hydrogen (secondary N) is 1. The average molecular weight is 429 g/mol. The van der Waals surface area contributed by atoms with Gasteiger partial charge < -0.3 is 5.32 Å². The Balaban J connectivity index is 2.59. The van der Waals surface area contributed by atoms with E-state index in [1.54, 1.807) is 13.1 Å². The van der Waals surface area contributed by atoms with Crippen molar-refractivity contribution in [2.75, 3.05) is 7.05 Å². The average Bonchev–Trinajstić information content (AvgIpc) is 2.77. The predicted molar refractivity (Wildman–Crippen MR) is 82.1 cm³/mol. The van der Waals surface area contributed by atoms with Gasteiger partial charge in [0.15, 0.2) is 0 Å². The smallest absolute Gasteiger partial charge is 0.309 e. The van der Waals surface area contributed by atoms with Crippen LogP contribution >= 0.6 is 43.2 Å². The second-order valence-electron chi connectivity index (χ2n) is 4.08. The number of alkyl halides is 3. The molecule has 1 heterocycles. The fraction of sp³-hybridized carbons (Fsp3) is 0.231. The molecule has 1 aromatic carbocycles. The van der Waals surface area contributed by atoms with Crippen LogP contribution in [0.2, 0.25) is 0 Å². The fourth-order valence-corrected chi connectivity index (χ4v) is 4.05. The molecule has 0 spiro atoms. The molecule has 7 heteroatoms. The fourth-order valence-electron chi connectivity index (χ4n) is 1.96. The first-order chi connectivity index (χ1) is 9.34. The summed E-state index contributed by atoms with van der Waals surface area (Å²) in [6.45, 7) is 0. The molecular formula is C13H10Br2F3NS. The van der Waals surface area contributed by atoms with E-state index in [0.29, 0.717) is 4.47 Å². The monoisotopic (exact) mass is 427 g/mol. The maximum atomic E-state index is 13.2. The van der Waals surface area contributed by atoms with Crippen molar-refractivity contribution in [3.63, 3.8) is 0 Å². The van der Waals surface area contributed by atoms with Gasteiger partial charge in [-0.15, -0.1) is 11.3 Å². The molecule has 1 aromatic heterocycles. The number of hydrogen-bond acceptors (Lipinski definition) is 2. The van der Waals surface area contributed by atoms with Gasteiger partial charge in [-0.3, -0.25) is 0 Å². The Morgan fingerprint density at radius 1 is 1.20 bits per heavy atom. The summed E-state index contributed by atoms with van der Waals surface area (Å²) in [4.78, 5) is 0.820. The molecule has 0 aliphatic heterocycles. The Morgan fingerprint density at radius 3 is 2.40 bits per heavy atom.